The lowest BCUT2D eigenvalue weighted by molar-refractivity contribution is 0.486. The molecule has 0 amide bonds. The summed E-state index contributed by atoms with van der Waals surface area (Å²) in [6.45, 7) is 5.59. The second-order valence-corrected chi connectivity index (χ2v) is 7.21. The average molecular weight is 255 g/mol. The highest BCUT2D eigenvalue weighted by Crippen LogP contribution is 2.21. The predicted molar refractivity (Wildman–Crippen MR) is 75.8 cm³/mol. The van der Waals surface area contributed by atoms with E-state index < -0.39 is 0 Å². The molecule has 16 heavy (non-hydrogen) atoms. The first-order chi connectivity index (χ1) is 7.75. The van der Waals surface area contributed by atoms with E-state index in [2.05, 4.69) is 37.0 Å². The van der Waals surface area contributed by atoms with Crippen LogP contribution >= 0.6 is 23.1 Å². The fraction of sp³-hybridized carbons (Fsp3) is 0.692. The van der Waals surface area contributed by atoms with Gasteiger partial charge in [0.05, 0.1) is 0 Å². The molecule has 1 aromatic rings. The number of nitrogens with one attached hydrogen (secondary N) is 1. The average Bonchev–Trinajstić information content (AvgIpc) is 2.59. The summed E-state index contributed by atoms with van der Waals surface area (Å²) in [7, 11) is 0. The molecule has 1 aliphatic rings. The fourth-order valence-electron chi connectivity index (χ4n) is 2.24. The Hall–Kier alpha value is 0.01000. The van der Waals surface area contributed by atoms with E-state index in [0.29, 0.717) is 0 Å². The molecule has 1 aliphatic heterocycles. The molecule has 1 fully saturated rings. The van der Waals surface area contributed by atoms with Gasteiger partial charge >= 0.3 is 0 Å². The van der Waals surface area contributed by atoms with Crippen LogP contribution < -0.4 is 5.32 Å². The van der Waals surface area contributed by atoms with E-state index in [4.69, 9.17) is 0 Å². The van der Waals surface area contributed by atoms with Crippen molar-refractivity contribution >= 4 is 23.1 Å². The van der Waals surface area contributed by atoms with Crippen LogP contribution in [0.3, 0.4) is 0 Å². The topological polar surface area (TPSA) is 12.0 Å². The van der Waals surface area contributed by atoms with E-state index >= 15 is 0 Å². The summed E-state index contributed by atoms with van der Waals surface area (Å²) in [5.41, 5.74) is 1.54. The van der Waals surface area contributed by atoms with Gasteiger partial charge < -0.3 is 5.32 Å². The van der Waals surface area contributed by atoms with E-state index in [9.17, 15) is 0 Å². The summed E-state index contributed by atoms with van der Waals surface area (Å²) in [6.07, 6.45) is 3.90. The minimum absolute atomic E-state index is 0.779. The molecule has 1 N–H and O–H groups in total. The molecule has 2 rings (SSSR count). The van der Waals surface area contributed by atoms with E-state index in [1.54, 1.807) is 5.56 Å². The van der Waals surface area contributed by atoms with Crippen molar-refractivity contribution in [2.45, 2.75) is 39.2 Å². The number of hydrogen-bond donors (Lipinski definition) is 1. The molecule has 1 nitrogen and oxygen atoms in total. The number of aryl methyl sites for hydroxylation is 2. The standard InChI is InChI=1S/C13H21NS2/c1-10-9-12(11(2)16-10)3-6-14-13-4-7-15-8-5-13/h9,13-14H,3-8H2,1-2H3. The third-order valence-corrected chi connectivity index (χ3v) is 5.25. The molecule has 0 atom stereocenters. The van der Waals surface area contributed by atoms with Crippen molar-refractivity contribution in [3.8, 4) is 0 Å². The van der Waals surface area contributed by atoms with Gasteiger partial charge in [0, 0.05) is 15.8 Å². The molecule has 0 bridgehead atoms. The third-order valence-electron chi connectivity index (χ3n) is 3.19. The molecule has 0 saturated carbocycles. The van der Waals surface area contributed by atoms with Crippen LogP contribution in [0.5, 0.6) is 0 Å². The van der Waals surface area contributed by atoms with Crippen molar-refractivity contribution in [2.75, 3.05) is 18.1 Å². The summed E-state index contributed by atoms with van der Waals surface area (Å²) in [4.78, 5) is 2.94. The Morgan fingerprint density at radius 3 is 2.69 bits per heavy atom. The molecule has 1 saturated heterocycles. The summed E-state index contributed by atoms with van der Waals surface area (Å²) in [5.74, 6) is 2.68. The quantitative estimate of drug-likeness (QED) is 0.885. The SMILES string of the molecule is Cc1cc(CCNC2CCSCC2)c(C)s1. The summed E-state index contributed by atoms with van der Waals surface area (Å²) in [6, 6.07) is 3.12. The van der Waals surface area contributed by atoms with Gasteiger partial charge in [-0.15, -0.1) is 11.3 Å². The maximum Gasteiger partial charge on any atom is 0.00829 e. The first-order valence-corrected chi connectivity index (χ1v) is 8.10. The summed E-state index contributed by atoms with van der Waals surface area (Å²) in [5, 5.41) is 3.70. The Kier molecular flexibility index (Phi) is 4.74. The number of rotatable bonds is 4. The minimum atomic E-state index is 0.779. The lowest BCUT2D eigenvalue weighted by Gasteiger charge is -2.22. The molecule has 0 aromatic carbocycles. The number of thioether (sulfide) groups is 1. The van der Waals surface area contributed by atoms with Gasteiger partial charge in [-0.2, -0.15) is 11.8 Å². The normalized spacial score (nSPS) is 17.9. The lowest BCUT2D eigenvalue weighted by atomic mass is 10.1. The second-order valence-electron chi connectivity index (χ2n) is 4.53. The van der Waals surface area contributed by atoms with Gasteiger partial charge in [-0.05, 0) is 62.8 Å². The summed E-state index contributed by atoms with van der Waals surface area (Å²) >= 11 is 4.02. The molecule has 0 unspecified atom stereocenters. The van der Waals surface area contributed by atoms with Crippen molar-refractivity contribution < 1.29 is 0 Å². The smallest absolute Gasteiger partial charge is 0.00829 e. The second kappa shape index (κ2) is 6.08. The van der Waals surface area contributed by atoms with Crippen LogP contribution in [0.25, 0.3) is 0 Å². The number of hydrogen-bond acceptors (Lipinski definition) is 3. The largest absolute Gasteiger partial charge is 0.314 e. The van der Waals surface area contributed by atoms with Gasteiger partial charge in [0.1, 0.15) is 0 Å². The molecule has 0 aliphatic carbocycles. The minimum Gasteiger partial charge on any atom is -0.314 e. The highest BCUT2D eigenvalue weighted by Gasteiger charge is 2.12. The maximum absolute atomic E-state index is 3.70. The zero-order valence-corrected chi connectivity index (χ0v) is 11.8. The molecular formula is C13H21NS2. The van der Waals surface area contributed by atoms with E-state index in [1.807, 2.05) is 11.3 Å². The Labute approximate surface area is 107 Å². The van der Waals surface area contributed by atoms with Crippen molar-refractivity contribution in [3.63, 3.8) is 0 Å². The van der Waals surface area contributed by atoms with Crippen molar-refractivity contribution in [1.82, 2.24) is 5.32 Å². The molecule has 0 radical (unpaired) electrons. The molecule has 0 spiro atoms. The fourth-order valence-corrected chi connectivity index (χ4v) is 4.33. The molecule has 3 heteroatoms. The Bertz CT molecular complexity index is 327. The van der Waals surface area contributed by atoms with Crippen molar-refractivity contribution in [3.05, 3.63) is 21.4 Å². The van der Waals surface area contributed by atoms with Gasteiger partial charge in [0.2, 0.25) is 0 Å². The van der Waals surface area contributed by atoms with E-state index in [1.165, 1.54) is 40.5 Å². The monoisotopic (exact) mass is 255 g/mol. The molecular weight excluding hydrogens is 234 g/mol. The van der Waals surface area contributed by atoms with Crippen LogP contribution in [0.4, 0.5) is 0 Å². The number of thiophene rings is 1. The highest BCUT2D eigenvalue weighted by atomic mass is 32.2. The highest BCUT2D eigenvalue weighted by molar-refractivity contribution is 7.99. The first-order valence-electron chi connectivity index (χ1n) is 6.13. The van der Waals surface area contributed by atoms with E-state index in [-0.39, 0.29) is 0 Å². The van der Waals surface area contributed by atoms with Gasteiger partial charge in [-0.3, -0.25) is 0 Å². The summed E-state index contributed by atoms with van der Waals surface area (Å²) < 4.78 is 0. The van der Waals surface area contributed by atoms with Gasteiger partial charge in [0.15, 0.2) is 0 Å². The van der Waals surface area contributed by atoms with Gasteiger partial charge in [-0.25, -0.2) is 0 Å². The van der Waals surface area contributed by atoms with Crippen LogP contribution in [0.1, 0.15) is 28.2 Å². The zero-order valence-electron chi connectivity index (χ0n) is 10.2. The van der Waals surface area contributed by atoms with Crippen molar-refractivity contribution in [1.29, 1.82) is 0 Å². The predicted octanol–water partition coefficient (Wildman–Crippen LogP) is 3.39. The molecule has 90 valence electrons. The molecule has 1 aromatic heterocycles. The third kappa shape index (κ3) is 3.51. The van der Waals surface area contributed by atoms with Crippen molar-refractivity contribution in [2.24, 2.45) is 0 Å². The van der Waals surface area contributed by atoms with Crippen LogP contribution in [0.15, 0.2) is 6.07 Å². The van der Waals surface area contributed by atoms with Crippen LogP contribution in [0.2, 0.25) is 0 Å². The maximum atomic E-state index is 3.70. The van der Waals surface area contributed by atoms with Gasteiger partial charge in [-0.1, -0.05) is 0 Å². The van der Waals surface area contributed by atoms with Gasteiger partial charge in [0.25, 0.3) is 0 Å². The lowest BCUT2D eigenvalue weighted by Crippen LogP contribution is -2.33. The van der Waals surface area contributed by atoms with Crippen LogP contribution in [-0.2, 0) is 6.42 Å². The van der Waals surface area contributed by atoms with Crippen LogP contribution in [0, 0.1) is 13.8 Å². The Morgan fingerprint density at radius 1 is 1.31 bits per heavy atom. The van der Waals surface area contributed by atoms with E-state index in [0.717, 1.165) is 12.6 Å². The Balaban J connectivity index is 1.73. The molecule has 2 heterocycles. The Morgan fingerprint density at radius 2 is 2.06 bits per heavy atom. The first kappa shape index (κ1) is 12.5. The zero-order chi connectivity index (χ0) is 11.4. The van der Waals surface area contributed by atoms with Crippen LogP contribution in [-0.4, -0.2) is 24.1 Å².